The number of hydrogen-bond acceptors (Lipinski definition) is 4. The van der Waals surface area contributed by atoms with Gasteiger partial charge in [0.2, 0.25) is 5.90 Å². The number of carbonyl (C=O) groups excluding carboxylic acids is 1. The van der Waals surface area contributed by atoms with Gasteiger partial charge in [0.1, 0.15) is 18.2 Å². The number of aliphatic imine (C=N–C) groups is 1. The fraction of sp³-hybridized carbons (Fsp3) is 0.0435. The van der Waals surface area contributed by atoms with Crippen molar-refractivity contribution >= 4 is 79.1 Å². The number of cyclic esters (lactones) is 1. The topological polar surface area (TPSA) is 47.9 Å². The van der Waals surface area contributed by atoms with E-state index in [2.05, 4.69) is 66.1 Å². The molecule has 3 aromatic carbocycles. The first kappa shape index (κ1) is 22.4. The molecule has 0 bridgehead atoms. The summed E-state index contributed by atoms with van der Waals surface area (Å²) in [5, 5.41) is 0. The molecule has 0 radical (unpaired) electrons. The fourth-order valence-electron chi connectivity index (χ4n) is 2.88. The van der Waals surface area contributed by atoms with Gasteiger partial charge < -0.3 is 9.47 Å². The van der Waals surface area contributed by atoms with Crippen LogP contribution in [0, 0.1) is 13.0 Å². The van der Waals surface area contributed by atoms with Gasteiger partial charge >= 0.3 is 5.97 Å². The van der Waals surface area contributed by atoms with Crippen LogP contribution in [0.5, 0.6) is 5.75 Å². The van der Waals surface area contributed by atoms with E-state index in [-0.39, 0.29) is 24.0 Å². The van der Waals surface area contributed by atoms with Gasteiger partial charge in [0.25, 0.3) is 0 Å². The van der Waals surface area contributed by atoms with Crippen LogP contribution in [0.15, 0.2) is 75.8 Å². The van der Waals surface area contributed by atoms with Crippen LogP contribution in [0.3, 0.4) is 0 Å². The van der Waals surface area contributed by atoms with Gasteiger partial charge in [-0.15, -0.1) is 0 Å². The molecule has 0 N–H and O–H groups in total. The Bertz CT molecular complexity index is 1220. The van der Waals surface area contributed by atoms with E-state index in [0.29, 0.717) is 16.9 Å². The van der Waals surface area contributed by atoms with Crippen molar-refractivity contribution in [1.82, 2.24) is 0 Å². The molecule has 4 rings (SSSR count). The van der Waals surface area contributed by atoms with Crippen molar-refractivity contribution in [3.8, 4) is 5.75 Å². The minimum atomic E-state index is -0.504. The molecule has 0 aliphatic carbocycles. The Morgan fingerprint density at radius 1 is 1.06 bits per heavy atom. The predicted octanol–water partition coefficient (Wildman–Crippen LogP) is 6.72. The summed E-state index contributed by atoms with van der Waals surface area (Å²) in [6.45, 7) is 0.130. The third-order valence-electron chi connectivity index (χ3n) is 4.38. The van der Waals surface area contributed by atoms with Gasteiger partial charge in [-0.3, -0.25) is 0 Å². The Morgan fingerprint density at radius 3 is 2.45 bits per heavy atom. The summed E-state index contributed by atoms with van der Waals surface area (Å²) in [6, 6.07) is 17.7. The number of halogens is 4. The summed E-state index contributed by atoms with van der Waals surface area (Å²) >= 11 is 7.77. The Balaban J connectivity index is 1.58. The molecule has 0 fully saturated rings. The van der Waals surface area contributed by atoms with E-state index in [1.54, 1.807) is 24.3 Å². The lowest BCUT2D eigenvalue weighted by Crippen LogP contribution is -2.06. The second-order valence-corrected chi connectivity index (χ2v) is 9.69. The zero-order valence-electron chi connectivity index (χ0n) is 15.7. The molecule has 0 saturated heterocycles. The molecule has 3 aromatic rings. The van der Waals surface area contributed by atoms with E-state index in [0.717, 1.165) is 17.2 Å². The highest BCUT2D eigenvalue weighted by Crippen LogP contribution is 2.31. The molecule has 0 amide bonds. The molecule has 0 aromatic heterocycles. The summed E-state index contributed by atoms with van der Waals surface area (Å²) in [5.74, 6) is 0.124. The Hall–Kier alpha value is -1.79. The molecular formula is C23H13BrFI2NO3. The molecule has 1 aliphatic heterocycles. The van der Waals surface area contributed by atoms with E-state index >= 15 is 0 Å². The average molecular weight is 704 g/mol. The molecule has 31 heavy (non-hydrogen) atoms. The second-order valence-electron chi connectivity index (χ2n) is 6.51. The molecule has 4 nitrogen and oxygen atoms in total. The first-order valence-electron chi connectivity index (χ1n) is 9.05. The van der Waals surface area contributed by atoms with Gasteiger partial charge in [-0.1, -0.05) is 30.3 Å². The lowest BCUT2D eigenvalue weighted by molar-refractivity contribution is -0.129. The molecule has 0 saturated carbocycles. The maximum absolute atomic E-state index is 13.9. The third-order valence-corrected chi connectivity index (χ3v) is 6.67. The highest BCUT2D eigenvalue weighted by atomic mass is 127. The molecule has 0 unspecified atom stereocenters. The van der Waals surface area contributed by atoms with Crippen molar-refractivity contribution in [3.63, 3.8) is 0 Å². The van der Waals surface area contributed by atoms with Crippen LogP contribution >= 0.6 is 61.1 Å². The molecule has 156 valence electrons. The lowest BCUT2D eigenvalue weighted by Gasteiger charge is -2.12. The van der Waals surface area contributed by atoms with Crippen molar-refractivity contribution in [2.24, 2.45) is 4.99 Å². The number of ether oxygens (including phenoxy) is 2. The van der Waals surface area contributed by atoms with E-state index in [4.69, 9.17) is 9.47 Å². The number of rotatable bonds is 5. The lowest BCUT2D eigenvalue weighted by atomic mass is 10.2. The quantitative estimate of drug-likeness (QED) is 0.169. The Labute approximate surface area is 214 Å². The molecule has 0 spiro atoms. The van der Waals surface area contributed by atoms with Gasteiger partial charge in [0.15, 0.2) is 5.70 Å². The van der Waals surface area contributed by atoms with Crippen LogP contribution < -0.4 is 4.74 Å². The van der Waals surface area contributed by atoms with Crippen LogP contribution in [-0.4, -0.2) is 11.9 Å². The van der Waals surface area contributed by atoms with Crippen molar-refractivity contribution in [2.75, 3.05) is 0 Å². The molecule has 1 aliphatic rings. The van der Waals surface area contributed by atoms with Gasteiger partial charge in [0, 0.05) is 10.0 Å². The minimum Gasteiger partial charge on any atom is -0.487 e. The molecule has 8 heteroatoms. The summed E-state index contributed by atoms with van der Waals surface area (Å²) in [7, 11) is 0. The molecule has 1 heterocycles. The summed E-state index contributed by atoms with van der Waals surface area (Å²) in [6.07, 6.45) is 1.68. The molecule has 0 atom stereocenters. The van der Waals surface area contributed by atoms with Gasteiger partial charge in [-0.2, -0.15) is 0 Å². The smallest absolute Gasteiger partial charge is 0.363 e. The number of esters is 1. The van der Waals surface area contributed by atoms with E-state index in [1.807, 2.05) is 36.4 Å². The van der Waals surface area contributed by atoms with Crippen LogP contribution in [0.2, 0.25) is 0 Å². The second kappa shape index (κ2) is 9.78. The van der Waals surface area contributed by atoms with E-state index < -0.39 is 5.97 Å². The first-order valence-corrected chi connectivity index (χ1v) is 12.0. The number of benzene rings is 3. The minimum absolute atomic E-state index is 0.130. The van der Waals surface area contributed by atoms with Gasteiger partial charge in [0.05, 0.1) is 12.7 Å². The maximum Gasteiger partial charge on any atom is 0.363 e. The van der Waals surface area contributed by atoms with Crippen molar-refractivity contribution in [1.29, 1.82) is 0 Å². The average Bonchev–Trinajstić information content (AvgIpc) is 3.09. The third kappa shape index (κ3) is 5.17. The fourth-order valence-corrected chi connectivity index (χ4v) is 5.47. The van der Waals surface area contributed by atoms with Gasteiger partial charge in [-0.05, 0) is 103 Å². The monoisotopic (exact) mass is 703 g/mol. The summed E-state index contributed by atoms with van der Waals surface area (Å²) in [4.78, 5) is 16.7. The predicted molar refractivity (Wildman–Crippen MR) is 137 cm³/mol. The summed E-state index contributed by atoms with van der Waals surface area (Å²) < 4.78 is 27.5. The summed E-state index contributed by atoms with van der Waals surface area (Å²) in [5.41, 5.74) is 2.21. The van der Waals surface area contributed by atoms with E-state index in [9.17, 15) is 9.18 Å². The Morgan fingerprint density at radius 2 is 1.74 bits per heavy atom. The zero-order chi connectivity index (χ0) is 22.0. The van der Waals surface area contributed by atoms with Crippen LogP contribution in [0.1, 0.15) is 16.7 Å². The number of hydrogen-bond donors (Lipinski definition) is 0. The molecular weight excluding hydrogens is 691 g/mol. The van der Waals surface area contributed by atoms with Crippen molar-refractivity contribution in [2.45, 2.75) is 6.61 Å². The number of nitrogens with zero attached hydrogens (tertiary/aromatic N) is 1. The highest BCUT2D eigenvalue weighted by molar-refractivity contribution is 14.1. The SMILES string of the molecule is O=C1OC(c2ccccc2Br)=N/C1=C\c1cc(I)c(OCc2ccccc2F)c(I)c1. The normalized spacial score (nSPS) is 14.5. The van der Waals surface area contributed by atoms with Crippen LogP contribution in [-0.2, 0) is 16.1 Å². The van der Waals surface area contributed by atoms with E-state index in [1.165, 1.54) is 6.07 Å². The first-order chi connectivity index (χ1) is 14.9. The van der Waals surface area contributed by atoms with Gasteiger partial charge in [-0.25, -0.2) is 14.2 Å². The number of carbonyl (C=O) groups is 1. The van der Waals surface area contributed by atoms with Crippen molar-refractivity contribution in [3.05, 3.63) is 100 Å². The maximum atomic E-state index is 13.9. The Kier molecular flexibility index (Phi) is 7.07. The highest BCUT2D eigenvalue weighted by Gasteiger charge is 2.25. The zero-order valence-corrected chi connectivity index (χ0v) is 21.6. The standard InChI is InChI=1S/C23H13BrFI2NO3/c24-16-7-3-2-6-15(16)22-28-20(23(29)31-22)11-13-9-18(26)21(19(27)10-13)30-12-14-5-1-4-8-17(14)25/h1-11H,12H2/b20-11-. The van der Waals surface area contributed by atoms with Crippen LogP contribution in [0.25, 0.3) is 6.08 Å². The largest absolute Gasteiger partial charge is 0.487 e. The van der Waals surface area contributed by atoms with Crippen molar-refractivity contribution < 1.29 is 18.7 Å². The van der Waals surface area contributed by atoms with Crippen LogP contribution in [0.4, 0.5) is 4.39 Å².